The van der Waals surface area contributed by atoms with Crippen molar-refractivity contribution in [1.29, 1.82) is 0 Å². The van der Waals surface area contributed by atoms with Gasteiger partial charge < -0.3 is 15.4 Å². The number of methoxy groups -OCH3 is 1. The highest BCUT2D eigenvalue weighted by molar-refractivity contribution is 9.10. The van der Waals surface area contributed by atoms with Gasteiger partial charge in [0.1, 0.15) is 15.2 Å². The fourth-order valence-electron chi connectivity index (χ4n) is 2.50. The molecular weight excluding hydrogens is 450 g/mol. The van der Waals surface area contributed by atoms with Gasteiger partial charge in [-0.25, -0.2) is 4.98 Å². The second kappa shape index (κ2) is 8.73. The van der Waals surface area contributed by atoms with E-state index in [1.807, 2.05) is 49.4 Å². The zero-order valence-corrected chi connectivity index (χ0v) is 17.8. The minimum Gasteiger partial charge on any atom is -0.495 e. The monoisotopic (exact) mass is 465 g/mol. The summed E-state index contributed by atoms with van der Waals surface area (Å²) in [5.41, 5.74) is 2.71. The Bertz CT molecular complexity index is 957. The lowest BCUT2D eigenvalue weighted by molar-refractivity contribution is 0.0954. The largest absolute Gasteiger partial charge is 0.495 e. The van der Waals surface area contributed by atoms with Crippen LogP contribution in [0.1, 0.15) is 20.8 Å². The number of amides is 1. The predicted octanol–water partition coefficient (Wildman–Crippen LogP) is 5.55. The molecule has 0 aliphatic carbocycles. The minimum absolute atomic E-state index is 0.216. The first-order chi connectivity index (χ1) is 13.0. The van der Waals surface area contributed by atoms with Crippen molar-refractivity contribution in [1.82, 2.24) is 10.3 Å². The van der Waals surface area contributed by atoms with Crippen LogP contribution in [-0.2, 0) is 6.54 Å². The average Bonchev–Trinajstić information content (AvgIpc) is 3.02. The number of nitrogens with zero attached hydrogens (tertiary/aromatic N) is 1. The van der Waals surface area contributed by atoms with E-state index in [4.69, 9.17) is 16.3 Å². The Labute approximate surface area is 174 Å². The topological polar surface area (TPSA) is 63.2 Å². The van der Waals surface area contributed by atoms with Gasteiger partial charge in [-0.1, -0.05) is 47.2 Å². The Kier molecular flexibility index (Phi) is 6.36. The van der Waals surface area contributed by atoms with Crippen LogP contribution in [0.15, 0.2) is 47.1 Å². The van der Waals surface area contributed by atoms with Crippen LogP contribution in [0.5, 0.6) is 5.75 Å². The van der Waals surface area contributed by atoms with Crippen LogP contribution >= 0.6 is 38.9 Å². The van der Waals surface area contributed by atoms with Gasteiger partial charge in [0, 0.05) is 11.6 Å². The molecule has 0 unspecified atom stereocenters. The number of aromatic nitrogens is 1. The maximum absolute atomic E-state index is 12.6. The van der Waals surface area contributed by atoms with E-state index in [0.29, 0.717) is 31.9 Å². The normalized spacial score (nSPS) is 10.5. The molecule has 5 nitrogen and oxygen atoms in total. The Morgan fingerprint density at radius 3 is 2.78 bits per heavy atom. The van der Waals surface area contributed by atoms with Crippen LogP contribution in [0, 0.1) is 6.92 Å². The van der Waals surface area contributed by atoms with Crippen molar-refractivity contribution in [3.8, 4) is 5.75 Å². The number of benzene rings is 2. The first-order valence-corrected chi connectivity index (χ1v) is 10.1. The number of aryl methyl sites for hydroxylation is 1. The van der Waals surface area contributed by atoms with E-state index in [0.717, 1.165) is 16.8 Å². The van der Waals surface area contributed by atoms with Crippen molar-refractivity contribution in [2.75, 3.05) is 12.4 Å². The van der Waals surface area contributed by atoms with Crippen LogP contribution in [0.2, 0.25) is 5.02 Å². The summed E-state index contributed by atoms with van der Waals surface area (Å²) in [7, 11) is 1.61. The van der Waals surface area contributed by atoms with Gasteiger partial charge in [-0.2, -0.15) is 0 Å². The number of ether oxygens (including phenoxy) is 1. The summed E-state index contributed by atoms with van der Waals surface area (Å²) in [5, 5.41) is 7.31. The Morgan fingerprint density at radius 1 is 1.26 bits per heavy atom. The third-order valence-corrected chi connectivity index (χ3v) is 6.08. The molecule has 1 aromatic heterocycles. The molecule has 140 valence electrons. The summed E-state index contributed by atoms with van der Waals surface area (Å²) >= 11 is 10.8. The average molecular weight is 467 g/mol. The first kappa shape index (κ1) is 19.7. The number of carbonyl (C=O) groups excluding carboxylic acids is 1. The molecule has 0 aliphatic rings. The molecule has 0 fully saturated rings. The minimum atomic E-state index is -0.216. The Morgan fingerprint density at radius 2 is 2.04 bits per heavy atom. The molecule has 2 N–H and O–H groups in total. The smallest absolute Gasteiger partial charge is 0.264 e. The molecule has 0 saturated heterocycles. The zero-order chi connectivity index (χ0) is 19.4. The molecule has 2 aromatic carbocycles. The molecule has 0 saturated carbocycles. The van der Waals surface area contributed by atoms with Crippen LogP contribution in [-0.4, -0.2) is 18.0 Å². The van der Waals surface area contributed by atoms with E-state index < -0.39 is 0 Å². The van der Waals surface area contributed by atoms with Crippen molar-refractivity contribution in [3.05, 3.63) is 68.1 Å². The van der Waals surface area contributed by atoms with Crippen molar-refractivity contribution in [2.45, 2.75) is 13.5 Å². The third kappa shape index (κ3) is 4.61. The maximum atomic E-state index is 12.6. The molecule has 27 heavy (non-hydrogen) atoms. The van der Waals surface area contributed by atoms with E-state index in [1.165, 1.54) is 11.3 Å². The quantitative estimate of drug-likeness (QED) is 0.500. The van der Waals surface area contributed by atoms with E-state index in [1.54, 1.807) is 7.11 Å². The van der Waals surface area contributed by atoms with Crippen molar-refractivity contribution < 1.29 is 9.53 Å². The van der Waals surface area contributed by atoms with Crippen molar-refractivity contribution in [2.24, 2.45) is 0 Å². The first-order valence-electron chi connectivity index (χ1n) is 8.08. The summed E-state index contributed by atoms with van der Waals surface area (Å²) < 4.78 is 5.81. The maximum Gasteiger partial charge on any atom is 0.264 e. The van der Waals surface area contributed by atoms with E-state index >= 15 is 0 Å². The molecule has 1 amide bonds. The number of halogens is 2. The van der Waals surface area contributed by atoms with E-state index in [9.17, 15) is 4.79 Å². The van der Waals surface area contributed by atoms with Gasteiger partial charge in [0.15, 0.2) is 5.13 Å². The summed E-state index contributed by atoms with van der Waals surface area (Å²) in [5.74, 6) is 0.482. The highest BCUT2D eigenvalue weighted by Crippen LogP contribution is 2.33. The van der Waals surface area contributed by atoms with Gasteiger partial charge >= 0.3 is 0 Å². The molecule has 3 aromatic rings. The number of rotatable bonds is 6. The summed E-state index contributed by atoms with van der Waals surface area (Å²) in [4.78, 5) is 17.4. The number of carbonyl (C=O) groups is 1. The number of hydrogen-bond donors (Lipinski definition) is 2. The van der Waals surface area contributed by atoms with Gasteiger partial charge in [0.25, 0.3) is 5.91 Å². The molecule has 0 radical (unpaired) electrons. The van der Waals surface area contributed by atoms with Crippen molar-refractivity contribution in [3.63, 3.8) is 0 Å². The predicted molar refractivity (Wildman–Crippen MR) is 113 cm³/mol. The second-order valence-corrected chi connectivity index (χ2v) is 7.84. The molecule has 3 rings (SSSR count). The molecule has 8 heteroatoms. The van der Waals surface area contributed by atoms with E-state index in [-0.39, 0.29) is 5.91 Å². The van der Waals surface area contributed by atoms with Gasteiger partial charge in [-0.3, -0.25) is 4.79 Å². The van der Waals surface area contributed by atoms with Gasteiger partial charge in [-0.15, -0.1) is 0 Å². The fraction of sp³-hybridized carbons (Fsp3) is 0.158. The van der Waals surface area contributed by atoms with Crippen LogP contribution in [0.25, 0.3) is 0 Å². The van der Waals surface area contributed by atoms with Crippen LogP contribution in [0.4, 0.5) is 10.8 Å². The standard InChI is InChI=1S/C19H17BrClN3O2S/c1-11-6-5-7-13(21)12(11)10-22-18(25)16-17(20)24-19(27-16)23-14-8-3-4-9-15(14)26-2/h3-9H,10H2,1-2H3,(H,22,25)(H,23,24). The van der Waals surface area contributed by atoms with Gasteiger partial charge in [0.2, 0.25) is 0 Å². The number of para-hydroxylation sites is 2. The molecule has 0 spiro atoms. The number of anilines is 2. The van der Waals surface area contributed by atoms with Gasteiger partial charge in [-0.05, 0) is 52.2 Å². The lowest BCUT2D eigenvalue weighted by Crippen LogP contribution is -2.22. The molecular formula is C19H17BrClN3O2S. The van der Waals surface area contributed by atoms with Crippen molar-refractivity contribution >= 4 is 55.6 Å². The molecule has 1 heterocycles. The summed E-state index contributed by atoms with van der Waals surface area (Å²) in [6, 6.07) is 13.2. The third-order valence-electron chi connectivity index (χ3n) is 3.92. The fourth-order valence-corrected chi connectivity index (χ4v) is 4.29. The van der Waals surface area contributed by atoms with Gasteiger partial charge in [0.05, 0.1) is 12.8 Å². The lowest BCUT2D eigenvalue weighted by atomic mass is 10.1. The van der Waals surface area contributed by atoms with Crippen LogP contribution in [0.3, 0.4) is 0 Å². The number of thiazole rings is 1. The molecule has 0 bridgehead atoms. The second-order valence-electron chi connectivity index (χ2n) is 5.68. The van der Waals surface area contributed by atoms with E-state index in [2.05, 4.69) is 31.5 Å². The number of nitrogens with one attached hydrogen (secondary N) is 2. The highest BCUT2D eigenvalue weighted by Gasteiger charge is 2.18. The van der Waals surface area contributed by atoms with Crippen LogP contribution < -0.4 is 15.4 Å². The zero-order valence-electron chi connectivity index (χ0n) is 14.7. The summed E-state index contributed by atoms with van der Waals surface area (Å²) in [6.07, 6.45) is 0. The number of hydrogen-bond acceptors (Lipinski definition) is 5. The summed E-state index contributed by atoms with van der Waals surface area (Å²) in [6.45, 7) is 2.31. The molecule has 0 aliphatic heterocycles. The molecule has 0 atom stereocenters. The lowest BCUT2D eigenvalue weighted by Gasteiger charge is -2.09. The Balaban J connectivity index is 1.73. The SMILES string of the molecule is COc1ccccc1Nc1nc(Br)c(C(=O)NCc2c(C)cccc2Cl)s1. The Hall–Kier alpha value is -2.09. The highest BCUT2D eigenvalue weighted by atomic mass is 79.9.